The third-order valence-electron chi connectivity index (χ3n) is 5.68. The van der Waals surface area contributed by atoms with Crippen LogP contribution in [0.1, 0.15) is 35.7 Å². The average Bonchev–Trinajstić information content (AvgIpc) is 3.45. The lowest BCUT2D eigenvalue weighted by molar-refractivity contribution is 0.0935. The quantitative estimate of drug-likeness (QED) is 0.636. The lowest BCUT2D eigenvalue weighted by Crippen LogP contribution is -2.34. The van der Waals surface area contributed by atoms with Gasteiger partial charge in [0.25, 0.3) is 11.5 Å². The highest BCUT2D eigenvalue weighted by molar-refractivity contribution is 5.95. The number of nitrogens with zero attached hydrogens (tertiary/aromatic N) is 3. The predicted octanol–water partition coefficient (Wildman–Crippen LogP) is 2.92. The van der Waals surface area contributed by atoms with Gasteiger partial charge in [-0.05, 0) is 76.7 Å². The van der Waals surface area contributed by atoms with E-state index in [1.54, 1.807) is 24.3 Å². The highest BCUT2D eigenvalue weighted by atomic mass is 16.5. The summed E-state index contributed by atoms with van der Waals surface area (Å²) in [6.07, 6.45) is 3.50. The fourth-order valence-corrected chi connectivity index (χ4v) is 3.38. The molecule has 1 fully saturated rings. The van der Waals surface area contributed by atoms with E-state index in [1.807, 2.05) is 45.0 Å². The summed E-state index contributed by atoms with van der Waals surface area (Å²) in [6, 6.07) is 10.7. The number of hydrogen-bond donors (Lipinski definition) is 1. The summed E-state index contributed by atoms with van der Waals surface area (Å²) < 4.78 is 7.28. The van der Waals surface area contributed by atoms with Crippen molar-refractivity contribution in [3.05, 3.63) is 64.2 Å². The zero-order chi connectivity index (χ0) is 22.2. The van der Waals surface area contributed by atoms with E-state index in [0.717, 1.165) is 24.9 Å². The Morgan fingerprint density at radius 2 is 2.00 bits per heavy atom. The van der Waals surface area contributed by atoms with Gasteiger partial charge in [0.05, 0.1) is 16.6 Å². The van der Waals surface area contributed by atoms with Crippen molar-refractivity contribution in [3.63, 3.8) is 0 Å². The average molecular weight is 421 g/mol. The van der Waals surface area contributed by atoms with Crippen molar-refractivity contribution in [1.82, 2.24) is 19.8 Å². The van der Waals surface area contributed by atoms with Crippen molar-refractivity contribution < 1.29 is 9.53 Å². The van der Waals surface area contributed by atoms with E-state index in [9.17, 15) is 9.59 Å². The zero-order valence-corrected chi connectivity index (χ0v) is 18.4. The van der Waals surface area contributed by atoms with Crippen LogP contribution in [-0.2, 0) is 0 Å². The maximum Gasteiger partial charge on any atom is 0.265 e. The molecule has 0 bridgehead atoms. The van der Waals surface area contributed by atoms with Crippen LogP contribution in [0.5, 0.6) is 5.75 Å². The third kappa shape index (κ3) is 4.61. The van der Waals surface area contributed by atoms with Crippen molar-refractivity contribution in [2.45, 2.75) is 32.2 Å². The normalized spacial score (nSPS) is 14.6. The molecule has 2 aromatic carbocycles. The molecule has 1 aliphatic carbocycles. The number of nitrogens with one attached hydrogen (secondary N) is 1. The molecule has 3 aromatic rings. The fraction of sp³-hybridized carbons (Fsp3) is 0.375. The second kappa shape index (κ2) is 8.15. The Bertz CT molecular complexity index is 1200. The molecule has 0 radical (unpaired) electrons. The molecule has 7 nitrogen and oxygen atoms in total. The number of rotatable bonds is 7. The Morgan fingerprint density at radius 3 is 2.71 bits per heavy atom. The van der Waals surface area contributed by atoms with Gasteiger partial charge in [0, 0.05) is 17.6 Å². The molecule has 0 spiro atoms. The molecule has 4 rings (SSSR count). The monoisotopic (exact) mass is 420 g/mol. The van der Waals surface area contributed by atoms with Crippen LogP contribution in [0.15, 0.2) is 47.5 Å². The Labute approximate surface area is 181 Å². The summed E-state index contributed by atoms with van der Waals surface area (Å²) in [5.41, 5.74) is 2.36. The molecular formula is C24H28N4O3. The lowest BCUT2D eigenvalue weighted by atomic mass is 10.1. The first-order valence-corrected chi connectivity index (χ1v) is 10.5. The summed E-state index contributed by atoms with van der Waals surface area (Å²) in [4.78, 5) is 32.4. The summed E-state index contributed by atoms with van der Waals surface area (Å²) in [6.45, 7) is 5.26. The van der Waals surface area contributed by atoms with Crippen LogP contribution in [0.25, 0.3) is 16.6 Å². The maximum absolute atomic E-state index is 13.3. The SMILES string of the molecule is Cc1ccc(C(=O)NC2(C)CC2)cc1-n1cnc2ccc(OCCN(C)C)cc2c1=O. The van der Waals surface area contributed by atoms with Crippen LogP contribution in [0.2, 0.25) is 0 Å². The molecule has 31 heavy (non-hydrogen) atoms. The van der Waals surface area contributed by atoms with E-state index in [-0.39, 0.29) is 17.0 Å². The Balaban J connectivity index is 1.68. The maximum atomic E-state index is 13.3. The molecule has 1 aromatic heterocycles. The molecule has 1 N–H and O–H groups in total. The van der Waals surface area contributed by atoms with Crippen LogP contribution >= 0.6 is 0 Å². The number of carbonyl (C=O) groups excluding carboxylic acids is 1. The van der Waals surface area contributed by atoms with Crippen LogP contribution in [-0.4, -0.2) is 53.1 Å². The number of amides is 1. The van der Waals surface area contributed by atoms with Gasteiger partial charge in [0.2, 0.25) is 0 Å². The first-order valence-electron chi connectivity index (χ1n) is 10.5. The van der Waals surface area contributed by atoms with Gasteiger partial charge in [-0.1, -0.05) is 6.07 Å². The Hall–Kier alpha value is -3.19. The molecule has 0 saturated heterocycles. The molecule has 0 atom stereocenters. The molecular weight excluding hydrogens is 392 g/mol. The lowest BCUT2D eigenvalue weighted by Gasteiger charge is -2.15. The summed E-state index contributed by atoms with van der Waals surface area (Å²) in [7, 11) is 3.96. The van der Waals surface area contributed by atoms with Crippen molar-refractivity contribution in [3.8, 4) is 11.4 Å². The topological polar surface area (TPSA) is 76.5 Å². The second-order valence-corrected chi connectivity index (χ2v) is 8.77. The van der Waals surface area contributed by atoms with Gasteiger partial charge >= 0.3 is 0 Å². The second-order valence-electron chi connectivity index (χ2n) is 8.77. The first-order chi connectivity index (χ1) is 14.8. The van der Waals surface area contributed by atoms with Gasteiger partial charge in [-0.25, -0.2) is 4.98 Å². The standard InChI is InChI=1S/C24H28N4O3/c1-16-5-6-17(22(29)26-24(2)9-10-24)13-21(16)28-15-25-20-8-7-18(14-19(20)23(28)30)31-12-11-27(3)4/h5-8,13-15H,9-12H2,1-4H3,(H,26,29). The van der Waals surface area contributed by atoms with Gasteiger partial charge in [-0.2, -0.15) is 0 Å². The minimum Gasteiger partial charge on any atom is -0.492 e. The minimum atomic E-state index is -0.196. The first kappa shape index (κ1) is 21.1. The zero-order valence-electron chi connectivity index (χ0n) is 18.4. The highest BCUT2D eigenvalue weighted by Gasteiger charge is 2.38. The van der Waals surface area contributed by atoms with Gasteiger partial charge < -0.3 is 15.0 Å². The van der Waals surface area contributed by atoms with Crippen LogP contribution in [0.4, 0.5) is 0 Å². The predicted molar refractivity (Wildman–Crippen MR) is 121 cm³/mol. The smallest absolute Gasteiger partial charge is 0.265 e. The Kier molecular flexibility index (Phi) is 5.54. The van der Waals surface area contributed by atoms with E-state index in [2.05, 4.69) is 10.3 Å². The van der Waals surface area contributed by atoms with E-state index < -0.39 is 0 Å². The van der Waals surface area contributed by atoms with Crippen molar-refractivity contribution in [2.24, 2.45) is 0 Å². The highest BCUT2D eigenvalue weighted by Crippen LogP contribution is 2.34. The molecule has 1 amide bonds. The summed E-state index contributed by atoms with van der Waals surface area (Å²) in [5, 5.41) is 3.54. The number of hydrogen-bond acceptors (Lipinski definition) is 5. The Morgan fingerprint density at radius 1 is 1.23 bits per heavy atom. The number of carbonyl (C=O) groups is 1. The largest absolute Gasteiger partial charge is 0.492 e. The van der Waals surface area contributed by atoms with Crippen molar-refractivity contribution in [1.29, 1.82) is 0 Å². The van der Waals surface area contributed by atoms with E-state index in [4.69, 9.17) is 4.74 Å². The van der Waals surface area contributed by atoms with Crippen molar-refractivity contribution in [2.75, 3.05) is 27.2 Å². The van der Waals surface area contributed by atoms with Crippen LogP contribution < -0.4 is 15.6 Å². The number of aryl methyl sites for hydroxylation is 1. The number of benzene rings is 2. The van der Waals surface area contributed by atoms with E-state index in [0.29, 0.717) is 34.5 Å². The van der Waals surface area contributed by atoms with Gasteiger partial charge in [-0.15, -0.1) is 0 Å². The minimum absolute atomic E-state index is 0.105. The summed E-state index contributed by atoms with van der Waals surface area (Å²) in [5.74, 6) is 0.508. The van der Waals surface area contributed by atoms with Gasteiger partial charge in [0.1, 0.15) is 18.7 Å². The van der Waals surface area contributed by atoms with Crippen LogP contribution in [0.3, 0.4) is 0 Å². The van der Waals surface area contributed by atoms with Crippen LogP contribution in [0, 0.1) is 6.92 Å². The molecule has 162 valence electrons. The molecule has 1 saturated carbocycles. The fourth-order valence-electron chi connectivity index (χ4n) is 3.38. The number of aromatic nitrogens is 2. The number of ether oxygens (including phenoxy) is 1. The number of likely N-dealkylation sites (N-methyl/N-ethyl adjacent to an activating group) is 1. The molecule has 1 heterocycles. The molecule has 0 aliphatic heterocycles. The van der Waals surface area contributed by atoms with E-state index in [1.165, 1.54) is 10.9 Å². The molecule has 7 heteroatoms. The molecule has 0 unspecified atom stereocenters. The van der Waals surface area contributed by atoms with E-state index >= 15 is 0 Å². The third-order valence-corrected chi connectivity index (χ3v) is 5.68. The molecule has 1 aliphatic rings. The van der Waals surface area contributed by atoms with Gasteiger partial charge in [0.15, 0.2) is 0 Å². The van der Waals surface area contributed by atoms with Gasteiger partial charge in [-0.3, -0.25) is 14.2 Å². The van der Waals surface area contributed by atoms with Crippen molar-refractivity contribution >= 4 is 16.8 Å². The number of fused-ring (bicyclic) bond motifs is 1. The summed E-state index contributed by atoms with van der Waals surface area (Å²) >= 11 is 0.